The van der Waals surface area contributed by atoms with Crippen molar-refractivity contribution in [3.63, 3.8) is 0 Å². The molecule has 1 saturated heterocycles. The Balaban J connectivity index is 1.20. The van der Waals surface area contributed by atoms with Gasteiger partial charge in [-0.15, -0.1) is 0 Å². The third-order valence-corrected chi connectivity index (χ3v) is 6.81. The van der Waals surface area contributed by atoms with E-state index in [1.807, 2.05) is 24.3 Å². The molecule has 2 heterocycles. The van der Waals surface area contributed by atoms with Crippen LogP contribution in [0.25, 0.3) is 0 Å². The number of urea groups is 1. The summed E-state index contributed by atoms with van der Waals surface area (Å²) in [6.07, 6.45) is 3.85. The largest absolute Gasteiger partial charge is 0.347 e. The Bertz CT molecular complexity index is 1010. The van der Waals surface area contributed by atoms with Crippen LogP contribution >= 0.6 is 11.5 Å². The molecule has 7 heteroatoms. The van der Waals surface area contributed by atoms with E-state index in [0.717, 1.165) is 55.4 Å². The number of anilines is 2. The topological polar surface area (TPSA) is 70.2 Å². The fourth-order valence-corrected chi connectivity index (χ4v) is 4.63. The first-order valence-corrected chi connectivity index (χ1v) is 12.1. The lowest BCUT2D eigenvalue weighted by Gasteiger charge is -2.31. The molecule has 0 unspecified atom stereocenters. The van der Waals surface area contributed by atoms with Crippen molar-refractivity contribution in [1.29, 1.82) is 0 Å². The maximum Gasteiger partial charge on any atom is 0.319 e. The number of nitrogens with zero attached hydrogens (tertiary/aromatic N) is 3. The van der Waals surface area contributed by atoms with Gasteiger partial charge in [-0.05, 0) is 55.4 Å². The molecule has 1 aromatic heterocycles. The summed E-state index contributed by atoms with van der Waals surface area (Å²) in [5.74, 6) is 1.38. The second kappa shape index (κ2) is 10.6. The average molecular weight is 450 g/mol. The van der Waals surface area contributed by atoms with E-state index in [0.29, 0.717) is 12.5 Å². The maximum absolute atomic E-state index is 12.2. The van der Waals surface area contributed by atoms with Crippen LogP contribution in [0, 0.1) is 12.8 Å². The van der Waals surface area contributed by atoms with Gasteiger partial charge in [0.1, 0.15) is 5.82 Å². The molecule has 1 aliphatic rings. The number of piperidine rings is 1. The van der Waals surface area contributed by atoms with Crippen molar-refractivity contribution in [1.82, 2.24) is 14.7 Å². The molecule has 32 heavy (non-hydrogen) atoms. The molecule has 1 fully saturated rings. The Morgan fingerprint density at radius 2 is 1.75 bits per heavy atom. The van der Waals surface area contributed by atoms with Crippen molar-refractivity contribution in [2.45, 2.75) is 39.5 Å². The van der Waals surface area contributed by atoms with E-state index in [-0.39, 0.29) is 6.03 Å². The minimum atomic E-state index is -0.137. The van der Waals surface area contributed by atoms with Crippen LogP contribution in [0.1, 0.15) is 42.3 Å². The number of rotatable bonds is 7. The highest BCUT2D eigenvalue weighted by Crippen LogP contribution is 2.25. The Morgan fingerprint density at radius 1 is 1.06 bits per heavy atom. The summed E-state index contributed by atoms with van der Waals surface area (Å²) in [6.45, 7) is 6.81. The van der Waals surface area contributed by atoms with Crippen molar-refractivity contribution in [3.05, 3.63) is 71.0 Å². The zero-order valence-electron chi connectivity index (χ0n) is 18.8. The first-order valence-electron chi connectivity index (χ1n) is 11.4. The molecule has 0 saturated carbocycles. The smallest absolute Gasteiger partial charge is 0.319 e. The summed E-state index contributed by atoms with van der Waals surface area (Å²) in [4.78, 5) is 19.3. The average Bonchev–Trinajstić information content (AvgIpc) is 3.28. The minimum absolute atomic E-state index is 0.137. The van der Waals surface area contributed by atoms with Crippen LogP contribution in [0.5, 0.6) is 0 Å². The number of aromatic nitrogens is 2. The summed E-state index contributed by atoms with van der Waals surface area (Å²) in [6, 6.07) is 16.4. The van der Waals surface area contributed by atoms with Gasteiger partial charge in [0.15, 0.2) is 0 Å². The van der Waals surface area contributed by atoms with Crippen molar-refractivity contribution in [3.8, 4) is 0 Å². The monoisotopic (exact) mass is 449 g/mol. The lowest BCUT2D eigenvalue weighted by atomic mass is 9.97. The highest BCUT2D eigenvalue weighted by atomic mass is 32.1. The quantitative estimate of drug-likeness (QED) is 0.530. The van der Waals surface area contributed by atoms with Crippen molar-refractivity contribution in [2.24, 2.45) is 5.92 Å². The summed E-state index contributed by atoms with van der Waals surface area (Å²) in [5, 5.41) is 6.95. The third kappa shape index (κ3) is 6.07. The van der Waals surface area contributed by atoms with Crippen LogP contribution in [0.3, 0.4) is 0 Å². The molecule has 0 atom stereocenters. The van der Waals surface area contributed by atoms with Crippen LogP contribution in [0.15, 0.2) is 48.5 Å². The second-order valence-electron chi connectivity index (χ2n) is 8.47. The number of carbonyl (C=O) groups excluding carboxylic acids is 1. The van der Waals surface area contributed by atoms with Crippen LogP contribution in [-0.2, 0) is 12.8 Å². The number of amides is 2. The minimum Gasteiger partial charge on any atom is -0.347 e. The summed E-state index contributed by atoms with van der Waals surface area (Å²) < 4.78 is 4.56. The molecular weight excluding hydrogens is 418 g/mol. The van der Waals surface area contributed by atoms with Gasteiger partial charge in [0.2, 0.25) is 5.13 Å². The number of carbonyl (C=O) groups is 1. The predicted molar refractivity (Wildman–Crippen MR) is 132 cm³/mol. The van der Waals surface area contributed by atoms with E-state index in [4.69, 9.17) is 4.98 Å². The molecule has 0 bridgehead atoms. The highest BCUT2D eigenvalue weighted by molar-refractivity contribution is 7.09. The van der Waals surface area contributed by atoms with Gasteiger partial charge in [0.05, 0.1) is 0 Å². The second-order valence-corrected chi connectivity index (χ2v) is 9.20. The third-order valence-electron chi connectivity index (χ3n) is 6.00. The SMILES string of the molecule is CCc1ccc(NC(=O)NCC2CCN(c3nc(Cc4ccc(C)cc4)ns3)CC2)cc1. The van der Waals surface area contributed by atoms with E-state index >= 15 is 0 Å². The highest BCUT2D eigenvalue weighted by Gasteiger charge is 2.22. The summed E-state index contributed by atoms with van der Waals surface area (Å²) in [7, 11) is 0. The first-order chi connectivity index (χ1) is 15.6. The van der Waals surface area contributed by atoms with Gasteiger partial charge >= 0.3 is 6.03 Å². The fraction of sp³-hybridized carbons (Fsp3) is 0.400. The predicted octanol–water partition coefficient (Wildman–Crippen LogP) is 5.04. The first kappa shape index (κ1) is 22.3. The Kier molecular flexibility index (Phi) is 7.37. The molecular formula is C25H31N5OS. The van der Waals surface area contributed by atoms with Gasteiger partial charge in [0.25, 0.3) is 0 Å². The molecule has 2 aromatic carbocycles. The van der Waals surface area contributed by atoms with Gasteiger partial charge < -0.3 is 15.5 Å². The lowest BCUT2D eigenvalue weighted by Crippen LogP contribution is -2.39. The molecule has 2 amide bonds. The molecule has 1 aliphatic heterocycles. The molecule has 3 aromatic rings. The number of benzene rings is 2. The van der Waals surface area contributed by atoms with E-state index in [1.165, 1.54) is 28.2 Å². The Labute approximate surface area is 194 Å². The molecule has 4 rings (SSSR count). The van der Waals surface area contributed by atoms with E-state index < -0.39 is 0 Å². The molecule has 6 nitrogen and oxygen atoms in total. The van der Waals surface area contributed by atoms with Crippen molar-refractivity contribution < 1.29 is 4.79 Å². The number of nitrogens with one attached hydrogen (secondary N) is 2. The zero-order valence-corrected chi connectivity index (χ0v) is 19.6. The summed E-state index contributed by atoms with van der Waals surface area (Å²) in [5.41, 5.74) is 4.60. The zero-order chi connectivity index (χ0) is 22.3. The number of hydrogen-bond donors (Lipinski definition) is 2. The van der Waals surface area contributed by atoms with Gasteiger partial charge in [-0.25, -0.2) is 9.78 Å². The van der Waals surface area contributed by atoms with Crippen LogP contribution in [0.2, 0.25) is 0 Å². The lowest BCUT2D eigenvalue weighted by molar-refractivity contribution is 0.248. The summed E-state index contributed by atoms with van der Waals surface area (Å²) >= 11 is 1.49. The van der Waals surface area contributed by atoms with Gasteiger partial charge in [-0.2, -0.15) is 4.37 Å². The molecule has 0 radical (unpaired) electrons. The molecule has 168 valence electrons. The maximum atomic E-state index is 12.2. The van der Waals surface area contributed by atoms with Crippen LogP contribution in [0.4, 0.5) is 15.6 Å². The standard InChI is InChI=1S/C25H31N5OS/c1-3-19-8-10-22(11-9-19)27-24(31)26-17-21-12-14-30(15-13-21)25-28-23(29-32-25)16-20-6-4-18(2)5-7-20/h4-11,21H,3,12-17H2,1-2H3,(H2,26,27,31). The molecule has 0 aliphatic carbocycles. The number of hydrogen-bond acceptors (Lipinski definition) is 5. The van der Waals surface area contributed by atoms with E-state index in [9.17, 15) is 4.79 Å². The van der Waals surface area contributed by atoms with Crippen molar-refractivity contribution in [2.75, 3.05) is 29.9 Å². The Morgan fingerprint density at radius 3 is 2.44 bits per heavy atom. The van der Waals surface area contributed by atoms with Crippen LogP contribution in [-0.4, -0.2) is 35.0 Å². The van der Waals surface area contributed by atoms with Gasteiger partial charge in [-0.3, -0.25) is 0 Å². The molecule has 2 N–H and O–H groups in total. The van der Waals surface area contributed by atoms with Gasteiger partial charge in [-0.1, -0.05) is 48.9 Å². The number of aryl methyl sites for hydroxylation is 2. The van der Waals surface area contributed by atoms with E-state index in [1.54, 1.807) is 0 Å². The fourth-order valence-electron chi connectivity index (χ4n) is 3.90. The molecule has 0 spiro atoms. The Hall–Kier alpha value is -2.93. The van der Waals surface area contributed by atoms with Crippen LogP contribution < -0.4 is 15.5 Å². The normalized spacial score (nSPS) is 14.4. The van der Waals surface area contributed by atoms with Crippen molar-refractivity contribution >= 4 is 28.4 Å². The van der Waals surface area contributed by atoms with E-state index in [2.05, 4.69) is 58.0 Å². The van der Waals surface area contributed by atoms with Gasteiger partial charge in [0, 0.05) is 43.3 Å².